The second-order valence-electron chi connectivity index (χ2n) is 8.51. The average Bonchev–Trinajstić information content (AvgIpc) is 2.85. The van der Waals surface area contributed by atoms with Crippen molar-refractivity contribution in [3.8, 4) is 17.1 Å². The summed E-state index contributed by atoms with van der Waals surface area (Å²) >= 11 is 0. The van der Waals surface area contributed by atoms with Crippen molar-refractivity contribution in [3.05, 3.63) is 76.8 Å². The van der Waals surface area contributed by atoms with Gasteiger partial charge in [0.25, 0.3) is 5.56 Å². The van der Waals surface area contributed by atoms with Gasteiger partial charge in [-0.15, -0.1) is 0 Å². The molecule has 4 aromatic rings. The van der Waals surface area contributed by atoms with Crippen LogP contribution in [0.2, 0.25) is 0 Å². The number of nitrogens with zero attached hydrogens (tertiary/aromatic N) is 3. The minimum Gasteiger partial charge on any atom is -0.481 e. The van der Waals surface area contributed by atoms with E-state index in [4.69, 9.17) is 9.72 Å². The minimum absolute atomic E-state index is 0.185. The quantitative estimate of drug-likeness (QED) is 0.473. The van der Waals surface area contributed by atoms with E-state index >= 15 is 0 Å². The Morgan fingerprint density at radius 3 is 2.67 bits per heavy atom. The average molecular weight is 442 g/mol. The van der Waals surface area contributed by atoms with Gasteiger partial charge < -0.3 is 19.9 Å². The van der Waals surface area contributed by atoms with Crippen LogP contribution in [0.15, 0.2) is 65.7 Å². The fourth-order valence-corrected chi connectivity index (χ4v) is 4.51. The van der Waals surface area contributed by atoms with Gasteiger partial charge in [0.2, 0.25) is 5.88 Å². The highest BCUT2D eigenvalue weighted by atomic mass is 16.5. The van der Waals surface area contributed by atoms with E-state index in [1.54, 1.807) is 19.5 Å². The molecule has 0 radical (unpaired) electrons. The SMILES string of the molecule is COc1ncccc1-c1cc2cc[nH]c(=O)c2c(Nc2ccc(C3CCN(C)CC3)cc2)n1. The van der Waals surface area contributed by atoms with Crippen molar-refractivity contribution < 1.29 is 4.74 Å². The number of pyridine rings is 3. The van der Waals surface area contributed by atoms with Crippen molar-refractivity contribution in [1.82, 2.24) is 19.9 Å². The van der Waals surface area contributed by atoms with Crippen LogP contribution >= 0.6 is 0 Å². The molecule has 5 rings (SSSR count). The molecular weight excluding hydrogens is 414 g/mol. The summed E-state index contributed by atoms with van der Waals surface area (Å²) in [4.78, 5) is 26.9. The summed E-state index contributed by atoms with van der Waals surface area (Å²) in [7, 11) is 3.76. The zero-order valence-electron chi connectivity index (χ0n) is 18.8. The second kappa shape index (κ2) is 9.03. The number of H-pyrrole nitrogens is 1. The van der Waals surface area contributed by atoms with E-state index in [1.807, 2.05) is 24.3 Å². The van der Waals surface area contributed by atoms with Gasteiger partial charge >= 0.3 is 0 Å². The van der Waals surface area contributed by atoms with E-state index in [2.05, 4.69) is 51.5 Å². The number of likely N-dealkylation sites (tertiary alicyclic amines) is 1. The molecule has 4 heterocycles. The smallest absolute Gasteiger partial charge is 0.259 e. The van der Waals surface area contributed by atoms with Gasteiger partial charge in [0.05, 0.1) is 23.8 Å². The molecule has 0 spiro atoms. The largest absolute Gasteiger partial charge is 0.481 e. The first kappa shape index (κ1) is 21.2. The second-order valence-corrected chi connectivity index (χ2v) is 8.51. The van der Waals surface area contributed by atoms with Crippen LogP contribution in [0.5, 0.6) is 5.88 Å². The standard InChI is InChI=1S/C26H27N5O2/c1-31-14-10-18(11-15-31)17-5-7-20(8-6-17)29-24-23-19(9-13-27-25(23)32)16-22(30-24)21-4-3-12-28-26(21)33-2/h3-9,12-13,16,18H,10-11,14-15H2,1-2H3,(H,27,32)(H,29,30). The van der Waals surface area contributed by atoms with Crippen LogP contribution < -0.4 is 15.6 Å². The number of piperidine rings is 1. The van der Waals surface area contributed by atoms with E-state index in [0.717, 1.165) is 29.7 Å². The Morgan fingerprint density at radius 2 is 1.91 bits per heavy atom. The molecule has 33 heavy (non-hydrogen) atoms. The Morgan fingerprint density at radius 1 is 1.12 bits per heavy atom. The van der Waals surface area contributed by atoms with E-state index in [9.17, 15) is 4.79 Å². The van der Waals surface area contributed by atoms with Crippen LogP contribution in [0.1, 0.15) is 24.3 Å². The number of methoxy groups -OCH3 is 1. The number of anilines is 2. The van der Waals surface area contributed by atoms with Gasteiger partial charge in [0.1, 0.15) is 5.82 Å². The Balaban J connectivity index is 1.51. The number of hydrogen-bond donors (Lipinski definition) is 2. The molecule has 3 aromatic heterocycles. The summed E-state index contributed by atoms with van der Waals surface area (Å²) < 4.78 is 5.43. The van der Waals surface area contributed by atoms with Crippen molar-refractivity contribution in [2.75, 3.05) is 32.6 Å². The molecule has 0 saturated carbocycles. The van der Waals surface area contributed by atoms with Gasteiger partial charge in [-0.1, -0.05) is 12.1 Å². The summed E-state index contributed by atoms with van der Waals surface area (Å²) in [5, 5.41) is 4.68. The molecule has 1 aliphatic rings. The van der Waals surface area contributed by atoms with Crippen molar-refractivity contribution >= 4 is 22.3 Å². The number of nitrogens with one attached hydrogen (secondary N) is 2. The maximum Gasteiger partial charge on any atom is 0.259 e. The monoisotopic (exact) mass is 441 g/mol. The highest BCUT2D eigenvalue weighted by Crippen LogP contribution is 2.32. The third-order valence-corrected chi connectivity index (χ3v) is 6.36. The lowest BCUT2D eigenvalue weighted by molar-refractivity contribution is 0.255. The number of benzene rings is 1. The molecule has 1 aromatic carbocycles. The lowest BCUT2D eigenvalue weighted by Gasteiger charge is -2.29. The molecule has 0 bridgehead atoms. The van der Waals surface area contributed by atoms with Crippen LogP contribution in [-0.4, -0.2) is 47.1 Å². The first-order valence-corrected chi connectivity index (χ1v) is 11.2. The highest BCUT2D eigenvalue weighted by molar-refractivity contribution is 5.95. The van der Waals surface area contributed by atoms with Gasteiger partial charge in [-0.05, 0) is 86.2 Å². The summed E-state index contributed by atoms with van der Waals surface area (Å²) in [6.07, 6.45) is 5.69. The van der Waals surface area contributed by atoms with Crippen molar-refractivity contribution in [2.45, 2.75) is 18.8 Å². The summed E-state index contributed by atoms with van der Waals surface area (Å²) in [5.41, 5.74) is 3.51. The molecule has 1 saturated heterocycles. The van der Waals surface area contributed by atoms with E-state index in [0.29, 0.717) is 28.7 Å². The van der Waals surface area contributed by atoms with Gasteiger partial charge in [0.15, 0.2) is 0 Å². The maximum absolute atomic E-state index is 12.7. The van der Waals surface area contributed by atoms with Crippen molar-refractivity contribution in [2.24, 2.45) is 0 Å². The van der Waals surface area contributed by atoms with E-state index in [1.165, 1.54) is 18.4 Å². The number of ether oxygens (including phenoxy) is 1. The lowest BCUT2D eigenvalue weighted by atomic mass is 9.89. The molecule has 0 unspecified atom stereocenters. The molecule has 0 atom stereocenters. The van der Waals surface area contributed by atoms with Gasteiger partial charge in [-0.25, -0.2) is 9.97 Å². The first-order valence-electron chi connectivity index (χ1n) is 11.2. The predicted octanol–water partition coefficient (Wildman–Crippen LogP) is 4.55. The Labute approximate surface area is 192 Å². The van der Waals surface area contributed by atoms with Crippen LogP contribution in [0, 0.1) is 0 Å². The number of aromatic nitrogens is 3. The topological polar surface area (TPSA) is 83.1 Å². The number of fused-ring (bicyclic) bond motifs is 1. The molecule has 2 N–H and O–H groups in total. The third kappa shape index (κ3) is 4.32. The zero-order valence-corrected chi connectivity index (χ0v) is 18.8. The first-order chi connectivity index (χ1) is 16.1. The number of aromatic amines is 1. The molecule has 0 amide bonds. The van der Waals surface area contributed by atoms with E-state index in [-0.39, 0.29) is 5.56 Å². The fourth-order valence-electron chi connectivity index (χ4n) is 4.51. The Kier molecular flexibility index (Phi) is 5.79. The highest BCUT2D eigenvalue weighted by Gasteiger charge is 2.18. The molecule has 7 heteroatoms. The fraction of sp³-hybridized carbons (Fsp3) is 0.269. The van der Waals surface area contributed by atoms with Gasteiger partial charge in [-0.3, -0.25) is 4.79 Å². The minimum atomic E-state index is -0.185. The maximum atomic E-state index is 12.7. The van der Waals surface area contributed by atoms with Crippen LogP contribution in [0.4, 0.5) is 11.5 Å². The van der Waals surface area contributed by atoms with Gasteiger partial charge in [0, 0.05) is 18.1 Å². The van der Waals surface area contributed by atoms with Crippen LogP contribution in [-0.2, 0) is 0 Å². The predicted molar refractivity (Wildman–Crippen MR) is 131 cm³/mol. The van der Waals surface area contributed by atoms with Crippen molar-refractivity contribution in [1.29, 1.82) is 0 Å². The molecule has 7 nitrogen and oxygen atoms in total. The molecule has 168 valence electrons. The summed E-state index contributed by atoms with van der Waals surface area (Å²) in [5.74, 6) is 1.59. The van der Waals surface area contributed by atoms with Gasteiger partial charge in [-0.2, -0.15) is 0 Å². The molecular formula is C26H27N5O2. The molecule has 0 aliphatic carbocycles. The number of rotatable bonds is 5. The third-order valence-electron chi connectivity index (χ3n) is 6.36. The Hall–Kier alpha value is -3.71. The van der Waals surface area contributed by atoms with E-state index < -0.39 is 0 Å². The summed E-state index contributed by atoms with van der Waals surface area (Å²) in [6.45, 7) is 2.27. The molecule has 1 fully saturated rings. The zero-order chi connectivity index (χ0) is 22.8. The normalized spacial score (nSPS) is 15.0. The van der Waals surface area contributed by atoms with Crippen LogP contribution in [0.25, 0.3) is 22.0 Å². The Bertz CT molecular complexity index is 1320. The van der Waals surface area contributed by atoms with Crippen LogP contribution in [0.3, 0.4) is 0 Å². The number of hydrogen-bond acceptors (Lipinski definition) is 6. The molecule has 1 aliphatic heterocycles. The lowest BCUT2D eigenvalue weighted by Crippen LogP contribution is -2.29. The summed E-state index contributed by atoms with van der Waals surface area (Å²) in [6, 6.07) is 16.0. The van der Waals surface area contributed by atoms with Crippen molar-refractivity contribution in [3.63, 3.8) is 0 Å².